The SMILES string of the molecule is CCCN(CCC)C(=O)c1cc(-c2ccc(C)cc2C)nc2ccccc12. The monoisotopic (exact) mass is 360 g/mol. The molecule has 3 heteroatoms. The molecule has 3 nitrogen and oxygen atoms in total. The molecule has 0 unspecified atom stereocenters. The molecule has 1 amide bonds. The highest BCUT2D eigenvalue weighted by atomic mass is 16.2. The molecule has 3 aromatic rings. The minimum Gasteiger partial charge on any atom is -0.339 e. The summed E-state index contributed by atoms with van der Waals surface area (Å²) in [7, 11) is 0. The summed E-state index contributed by atoms with van der Waals surface area (Å²) >= 11 is 0. The Labute approximate surface area is 162 Å². The van der Waals surface area contributed by atoms with Crippen LogP contribution in [0.25, 0.3) is 22.2 Å². The Morgan fingerprint density at radius 1 is 0.963 bits per heavy atom. The first-order valence-corrected chi connectivity index (χ1v) is 9.81. The van der Waals surface area contributed by atoms with Gasteiger partial charge in [-0.2, -0.15) is 0 Å². The number of rotatable bonds is 6. The van der Waals surface area contributed by atoms with Crippen LogP contribution in [0.3, 0.4) is 0 Å². The Morgan fingerprint density at radius 3 is 2.33 bits per heavy atom. The molecule has 1 aromatic heterocycles. The quantitative estimate of drug-likeness (QED) is 0.558. The number of amides is 1. The van der Waals surface area contributed by atoms with E-state index in [-0.39, 0.29) is 5.91 Å². The topological polar surface area (TPSA) is 33.2 Å². The average molecular weight is 361 g/mol. The van der Waals surface area contributed by atoms with E-state index in [1.54, 1.807) is 0 Å². The first-order valence-electron chi connectivity index (χ1n) is 9.81. The van der Waals surface area contributed by atoms with Crippen molar-refractivity contribution in [3.63, 3.8) is 0 Å². The number of aromatic nitrogens is 1. The third-order valence-electron chi connectivity index (χ3n) is 4.88. The van der Waals surface area contributed by atoms with Gasteiger partial charge in [0.2, 0.25) is 0 Å². The Bertz CT molecular complexity index is 956. The van der Waals surface area contributed by atoms with Crippen molar-refractivity contribution in [2.45, 2.75) is 40.5 Å². The van der Waals surface area contributed by atoms with Crippen LogP contribution in [0.5, 0.6) is 0 Å². The van der Waals surface area contributed by atoms with Crippen molar-refractivity contribution >= 4 is 16.8 Å². The predicted octanol–water partition coefficient (Wildman–Crippen LogP) is 5.78. The van der Waals surface area contributed by atoms with Crippen molar-refractivity contribution in [1.82, 2.24) is 9.88 Å². The lowest BCUT2D eigenvalue weighted by atomic mass is 9.99. The van der Waals surface area contributed by atoms with Gasteiger partial charge in [0.05, 0.1) is 16.8 Å². The molecule has 140 valence electrons. The van der Waals surface area contributed by atoms with Crippen LogP contribution >= 0.6 is 0 Å². The molecule has 0 fully saturated rings. The molecule has 3 rings (SSSR count). The van der Waals surface area contributed by atoms with Gasteiger partial charge >= 0.3 is 0 Å². The fraction of sp³-hybridized carbons (Fsp3) is 0.333. The number of carbonyl (C=O) groups excluding carboxylic acids is 1. The number of aryl methyl sites for hydroxylation is 2. The van der Waals surface area contributed by atoms with Gasteiger partial charge in [0, 0.05) is 24.0 Å². The average Bonchev–Trinajstić information content (AvgIpc) is 2.66. The Kier molecular flexibility index (Phi) is 5.90. The molecular formula is C24H28N2O. The molecule has 0 aliphatic carbocycles. The number of hydrogen-bond donors (Lipinski definition) is 0. The van der Waals surface area contributed by atoms with Crippen LogP contribution in [0.4, 0.5) is 0 Å². The van der Waals surface area contributed by atoms with Crippen molar-refractivity contribution in [3.8, 4) is 11.3 Å². The van der Waals surface area contributed by atoms with Crippen LogP contribution in [0, 0.1) is 13.8 Å². The maximum atomic E-state index is 13.4. The van der Waals surface area contributed by atoms with Gasteiger partial charge in [0.1, 0.15) is 0 Å². The summed E-state index contributed by atoms with van der Waals surface area (Å²) < 4.78 is 0. The molecule has 1 heterocycles. The summed E-state index contributed by atoms with van der Waals surface area (Å²) in [4.78, 5) is 20.2. The van der Waals surface area contributed by atoms with Crippen LogP contribution in [-0.2, 0) is 0 Å². The largest absolute Gasteiger partial charge is 0.339 e. The van der Waals surface area contributed by atoms with Gasteiger partial charge in [-0.05, 0) is 44.4 Å². The number of hydrogen-bond acceptors (Lipinski definition) is 2. The molecule has 0 atom stereocenters. The fourth-order valence-electron chi connectivity index (χ4n) is 3.62. The number of carbonyl (C=O) groups is 1. The zero-order valence-corrected chi connectivity index (χ0v) is 16.7. The summed E-state index contributed by atoms with van der Waals surface area (Å²) in [6.07, 6.45) is 1.91. The molecular weight excluding hydrogens is 332 g/mol. The van der Waals surface area contributed by atoms with Crippen molar-refractivity contribution in [1.29, 1.82) is 0 Å². The second-order valence-corrected chi connectivity index (χ2v) is 7.18. The summed E-state index contributed by atoms with van der Waals surface area (Å²) in [6.45, 7) is 9.97. The van der Waals surface area contributed by atoms with Crippen LogP contribution in [0.1, 0.15) is 48.2 Å². The molecule has 0 saturated heterocycles. The summed E-state index contributed by atoms with van der Waals surface area (Å²) in [5.41, 5.74) is 5.96. The van der Waals surface area contributed by atoms with Gasteiger partial charge < -0.3 is 4.90 Å². The number of fused-ring (bicyclic) bond motifs is 1. The Morgan fingerprint density at radius 2 is 1.67 bits per heavy atom. The van der Waals surface area contributed by atoms with E-state index in [4.69, 9.17) is 4.98 Å². The van der Waals surface area contributed by atoms with Gasteiger partial charge in [0.15, 0.2) is 0 Å². The van der Waals surface area contributed by atoms with Gasteiger partial charge in [-0.15, -0.1) is 0 Å². The zero-order chi connectivity index (χ0) is 19.4. The molecule has 0 saturated carbocycles. The molecule has 0 aliphatic heterocycles. The van der Waals surface area contributed by atoms with Crippen LogP contribution in [0.2, 0.25) is 0 Å². The van der Waals surface area contributed by atoms with E-state index in [1.807, 2.05) is 35.2 Å². The molecule has 27 heavy (non-hydrogen) atoms. The highest BCUT2D eigenvalue weighted by Gasteiger charge is 2.19. The van der Waals surface area contributed by atoms with E-state index in [2.05, 4.69) is 45.9 Å². The number of pyridine rings is 1. The minimum atomic E-state index is 0.100. The van der Waals surface area contributed by atoms with Crippen LogP contribution in [0.15, 0.2) is 48.5 Å². The van der Waals surface area contributed by atoms with Crippen molar-refractivity contribution in [3.05, 3.63) is 65.2 Å². The minimum absolute atomic E-state index is 0.100. The van der Waals surface area contributed by atoms with E-state index < -0.39 is 0 Å². The standard InChI is InChI=1S/C24H28N2O/c1-5-13-26(14-6-2)24(27)21-16-23(19-12-11-17(3)15-18(19)4)25-22-10-8-7-9-20(21)22/h7-12,15-16H,5-6,13-14H2,1-4H3. The smallest absolute Gasteiger partial charge is 0.254 e. The molecule has 2 aromatic carbocycles. The van der Waals surface area contributed by atoms with Gasteiger partial charge in [0.25, 0.3) is 5.91 Å². The molecule has 0 N–H and O–H groups in total. The second-order valence-electron chi connectivity index (χ2n) is 7.18. The normalized spacial score (nSPS) is 11.0. The van der Waals surface area contributed by atoms with Crippen molar-refractivity contribution < 1.29 is 4.79 Å². The number of para-hydroxylation sites is 1. The van der Waals surface area contributed by atoms with E-state index in [1.165, 1.54) is 11.1 Å². The van der Waals surface area contributed by atoms with Crippen LogP contribution < -0.4 is 0 Å². The van der Waals surface area contributed by atoms with Crippen LogP contribution in [-0.4, -0.2) is 28.9 Å². The Hall–Kier alpha value is -2.68. The first kappa shape index (κ1) is 19.1. The van der Waals surface area contributed by atoms with E-state index in [0.717, 1.165) is 53.7 Å². The molecule has 0 spiro atoms. The third-order valence-corrected chi connectivity index (χ3v) is 4.88. The van der Waals surface area contributed by atoms with Crippen molar-refractivity contribution in [2.75, 3.05) is 13.1 Å². The van der Waals surface area contributed by atoms with Gasteiger partial charge in [-0.3, -0.25) is 4.79 Å². The van der Waals surface area contributed by atoms with Gasteiger partial charge in [-0.1, -0.05) is 55.8 Å². The Balaban J connectivity index is 2.17. The lowest BCUT2D eigenvalue weighted by molar-refractivity contribution is 0.0757. The highest BCUT2D eigenvalue weighted by Crippen LogP contribution is 2.28. The maximum absolute atomic E-state index is 13.4. The third kappa shape index (κ3) is 4.02. The number of nitrogens with zero attached hydrogens (tertiary/aromatic N) is 2. The van der Waals surface area contributed by atoms with E-state index in [9.17, 15) is 4.79 Å². The second kappa shape index (κ2) is 8.34. The zero-order valence-electron chi connectivity index (χ0n) is 16.7. The lowest BCUT2D eigenvalue weighted by Crippen LogP contribution is -2.32. The number of benzene rings is 2. The van der Waals surface area contributed by atoms with E-state index >= 15 is 0 Å². The first-order chi connectivity index (χ1) is 13.0. The molecule has 0 radical (unpaired) electrons. The predicted molar refractivity (Wildman–Crippen MR) is 113 cm³/mol. The lowest BCUT2D eigenvalue weighted by Gasteiger charge is -2.22. The van der Waals surface area contributed by atoms with Crippen molar-refractivity contribution in [2.24, 2.45) is 0 Å². The molecule has 0 bridgehead atoms. The summed E-state index contributed by atoms with van der Waals surface area (Å²) in [6, 6.07) is 16.3. The van der Waals surface area contributed by atoms with Gasteiger partial charge in [-0.25, -0.2) is 4.98 Å². The fourth-order valence-corrected chi connectivity index (χ4v) is 3.62. The molecule has 0 aliphatic rings. The maximum Gasteiger partial charge on any atom is 0.254 e. The van der Waals surface area contributed by atoms with E-state index in [0.29, 0.717) is 0 Å². The summed E-state index contributed by atoms with van der Waals surface area (Å²) in [5, 5.41) is 0.924. The summed E-state index contributed by atoms with van der Waals surface area (Å²) in [5.74, 6) is 0.100. The highest BCUT2D eigenvalue weighted by molar-refractivity contribution is 6.07.